The number of carbonyl (C=O) groups is 4. The number of hydrogen-bond donors (Lipinski definition) is 3. The summed E-state index contributed by atoms with van der Waals surface area (Å²) >= 11 is 5.98. The summed E-state index contributed by atoms with van der Waals surface area (Å²) in [5.74, 6) is 0.257. The number of furan rings is 1. The minimum Gasteiger partial charge on any atom is -0.497 e. The number of anilines is 1. The number of nitrogens with zero attached hydrogens (tertiary/aromatic N) is 2. The highest BCUT2D eigenvalue weighted by molar-refractivity contribution is 6.30. The Hall–Kier alpha value is -5.44. The first-order chi connectivity index (χ1) is 28.2. The summed E-state index contributed by atoms with van der Waals surface area (Å²) in [7, 11) is 3.23. The van der Waals surface area contributed by atoms with Crippen molar-refractivity contribution in [1.82, 2.24) is 20.5 Å². The molecule has 59 heavy (non-hydrogen) atoms. The van der Waals surface area contributed by atoms with Gasteiger partial charge in [0.15, 0.2) is 5.76 Å². The van der Waals surface area contributed by atoms with Crippen LogP contribution in [0.15, 0.2) is 83.5 Å². The molecule has 1 saturated heterocycles. The molecule has 0 aliphatic carbocycles. The Kier molecular flexibility index (Phi) is 15.5. The van der Waals surface area contributed by atoms with Crippen LogP contribution in [0.2, 0.25) is 5.02 Å². The van der Waals surface area contributed by atoms with Crippen LogP contribution in [0.5, 0.6) is 11.5 Å². The number of nitrogens with one attached hydrogen (secondary N) is 3. The standard InChI is InChI=1S/C44H54ClN5O9/c1-43(2,15-21-58-44(3,4)16-20-56-22-18-47-40(52)35-27-38(51)50(5)39(35)30-8-7-17-46-28-30)42(54)48-19-23-57-34-25-32(24-33(26-34)55-6)49-41(53)37-14-13-36(59-37)29-9-11-31(45)12-10-29/h7-14,17,24-26,28,35,39H,15-16,18-23,27H2,1-6H3,(H,47,52)(H,48,54)(H,49,53)/t35-,39+/m0/s1. The van der Waals surface area contributed by atoms with Crippen LogP contribution in [0.4, 0.5) is 5.69 Å². The van der Waals surface area contributed by atoms with E-state index in [0.717, 1.165) is 11.1 Å². The lowest BCUT2D eigenvalue weighted by Crippen LogP contribution is -2.40. The summed E-state index contributed by atoms with van der Waals surface area (Å²) in [5.41, 5.74) is 0.866. The minimum absolute atomic E-state index is 0.0745. The number of halogens is 1. The number of aromatic nitrogens is 1. The highest BCUT2D eigenvalue weighted by Gasteiger charge is 2.42. The lowest BCUT2D eigenvalue weighted by atomic mass is 9.88. The van der Waals surface area contributed by atoms with E-state index in [1.54, 1.807) is 72.9 Å². The maximum atomic E-state index is 13.1. The van der Waals surface area contributed by atoms with E-state index < -0.39 is 22.8 Å². The second kappa shape index (κ2) is 20.5. The van der Waals surface area contributed by atoms with Gasteiger partial charge < -0.3 is 44.2 Å². The summed E-state index contributed by atoms with van der Waals surface area (Å²) in [4.78, 5) is 57.2. The molecule has 0 spiro atoms. The number of carbonyl (C=O) groups excluding carboxylic acids is 4. The lowest BCUT2D eigenvalue weighted by Gasteiger charge is -2.29. The Morgan fingerprint density at radius 1 is 0.915 bits per heavy atom. The molecule has 4 amide bonds. The van der Waals surface area contributed by atoms with Gasteiger partial charge in [0.1, 0.15) is 23.9 Å². The average molecular weight is 832 g/mol. The highest BCUT2D eigenvalue weighted by atomic mass is 35.5. The zero-order valence-corrected chi connectivity index (χ0v) is 35.2. The molecule has 3 N–H and O–H groups in total. The summed E-state index contributed by atoms with van der Waals surface area (Å²) in [6, 6.07) is 18.8. The van der Waals surface area contributed by atoms with Crippen LogP contribution in [0.1, 0.15) is 69.1 Å². The number of ether oxygens (including phenoxy) is 4. The van der Waals surface area contributed by atoms with Crippen molar-refractivity contribution in [2.75, 3.05) is 59.0 Å². The second-order valence-electron chi connectivity index (χ2n) is 15.6. The van der Waals surface area contributed by atoms with Crippen LogP contribution in [-0.2, 0) is 23.9 Å². The first-order valence-corrected chi connectivity index (χ1v) is 20.0. The fourth-order valence-electron chi connectivity index (χ4n) is 6.52. The number of amides is 4. The normalized spacial score (nSPS) is 15.5. The van der Waals surface area contributed by atoms with Crippen molar-refractivity contribution in [2.45, 2.75) is 58.6 Å². The predicted octanol–water partition coefficient (Wildman–Crippen LogP) is 6.70. The summed E-state index contributed by atoms with van der Waals surface area (Å²) in [6.45, 7) is 9.54. The van der Waals surface area contributed by atoms with Crippen LogP contribution in [-0.4, -0.2) is 92.8 Å². The number of pyridine rings is 1. The van der Waals surface area contributed by atoms with Gasteiger partial charge in [-0.25, -0.2) is 0 Å². The SMILES string of the molecule is COc1cc(NC(=O)c2ccc(-c3ccc(Cl)cc3)o2)cc(OCCNC(=O)C(C)(C)CCOC(C)(C)CCOCCNC(=O)[C@H]2CC(=O)N(C)[C@@H]2c2cccnc2)c1. The second-order valence-corrected chi connectivity index (χ2v) is 16.0. The first-order valence-electron chi connectivity index (χ1n) is 19.6. The molecule has 2 atom stereocenters. The maximum absolute atomic E-state index is 13.1. The van der Waals surface area contributed by atoms with Crippen molar-refractivity contribution in [3.05, 3.63) is 95.5 Å². The first kappa shape index (κ1) is 44.7. The smallest absolute Gasteiger partial charge is 0.291 e. The molecule has 3 heterocycles. The van der Waals surface area contributed by atoms with E-state index >= 15 is 0 Å². The molecule has 14 nitrogen and oxygen atoms in total. The van der Waals surface area contributed by atoms with E-state index in [1.807, 2.05) is 45.9 Å². The third-order valence-corrected chi connectivity index (χ3v) is 10.4. The molecule has 2 aromatic heterocycles. The molecule has 0 radical (unpaired) electrons. The van der Waals surface area contributed by atoms with Crippen molar-refractivity contribution in [3.8, 4) is 22.8 Å². The zero-order valence-electron chi connectivity index (χ0n) is 34.5. The van der Waals surface area contributed by atoms with Gasteiger partial charge in [-0.3, -0.25) is 24.2 Å². The molecule has 1 aliphatic rings. The summed E-state index contributed by atoms with van der Waals surface area (Å²) in [6.07, 6.45) is 4.61. The van der Waals surface area contributed by atoms with Gasteiger partial charge in [0.25, 0.3) is 5.91 Å². The Labute approximate surface area is 350 Å². The summed E-state index contributed by atoms with van der Waals surface area (Å²) < 4.78 is 29.0. The predicted molar refractivity (Wildman–Crippen MR) is 223 cm³/mol. The average Bonchev–Trinajstić information content (AvgIpc) is 3.82. The van der Waals surface area contributed by atoms with E-state index in [9.17, 15) is 19.2 Å². The molecule has 5 rings (SSSR count). The Bertz CT molecular complexity index is 2040. The van der Waals surface area contributed by atoms with E-state index in [-0.39, 0.29) is 49.1 Å². The van der Waals surface area contributed by atoms with Crippen LogP contribution in [0.3, 0.4) is 0 Å². The molecule has 4 aromatic rings. The van der Waals surface area contributed by atoms with Crippen molar-refractivity contribution in [1.29, 1.82) is 0 Å². The number of benzene rings is 2. The molecular weight excluding hydrogens is 778 g/mol. The monoisotopic (exact) mass is 831 g/mol. The van der Waals surface area contributed by atoms with Gasteiger partial charge in [0.05, 0.1) is 37.8 Å². The molecule has 2 aromatic carbocycles. The molecule has 0 bridgehead atoms. The van der Waals surface area contributed by atoms with Crippen LogP contribution in [0.25, 0.3) is 11.3 Å². The van der Waals surface area contributed by atoms with Crippen molar-refractivity contribution < 1.29 is 42.5 Å². The number of methoxy groups -OCH3 is 1. The molecule has 1 fully saturated rings. The van der Waals surface area contributed by atoms with Crippen molar-refractivity contribution in [3.63, 3.8) is 0 Å². The van der Waals surface area contributed by atoms with Gasteiger partial charge in [-0.1, -0.05) is 31.5 Å². The van der Waals surface area contributed by atoms with Gasteiger partial charge in [-0.2, -0.15) is 0 Å². The fourth-order valence-corrected chi connectivity index (χ4v) is 6.64. The molecule has 316 valence electrons. The number of hydrogen-bond acceptors (Lipinski definition) is 10. The Morgan fingerprint density at radius 2 is 1.66 bits per heavy atom. The van der Waals surface area contributed by atoms with Gasteiger partial charge in [-0.15, -0.1) is 0 Å². The van der Waals surface area contributed by atoms with Crippen molar-refractivity contribution in [2.24, 2.45) is 11.3 Å². The third-order valence-electron chi connectivity index (χ3n) is 10.2. The topological polar surface area (TPSA) is 171 Å². The number of rotatable bonds is 21. The van der Waals surface area contributed by atoms with Gasteiger partial charge >= 0.3 is 0 Å². The fraction of sp³-hybridized carbons (Fsp3) is 0.432. The Morgan fingerprint density at radius 3 is 2.39 bits per heavy atom. The largest absolute Gasteiger partial charge is 0.497 e. The molecular formula is C44H54ClN5O9. The third kappa shape index (κ3) is 12.8. The van der Waals surface area contributed by atoms with Gasteiger partial charge in [0.2, 0.25) is 17.7 Å². The van der Waals surface area contributed by atoms with E-state index in [1.165, 1.54) is 7.11 Å². The van der Waals surface area contributed by atoms with Crippen LogP contribution in [0, 0.1) is 11.3 Å². The molecule has 1 aliphatic heterocycles. The lowest BCUT2D eigenvalue weighted by molar-refractivity contribution is -0.131. The van der Waals surface area contributed by atoms with E-state index in [4.69, 9.17) is 35.0 Å². The van der Waals surface area contributed by atoms with E-state index in [2.05, 4.69) is 20.9 Å². The van der Waals surface area contributed by atoms with Crippen LogP contribution < -0.4 is 25.4 Å². The minimum atomic E-state index is -0.702. The zero-order chi connectivity index (χ0) is 42.6. The highest BCUT2D eigenvalue weighted by Crippen LogP contribution is 2.37. The van der Waals surface area contributed by atoms with Crippen molar-refractivity contribution >= 4 is 40.9 Å². The quantitative estimate of drug-likeness (QED) is 0.0768. The maximum Gasteiger partial charge on any atom is 0.291 e. The van der Waals surface area contributed by atoms with Gasteiger partial charge in [0, 0.05) is 85.5 Å². The Balaban J connectivity index is 0.970. The van der Waals surface area contributed by atoms with Gasteiger partial charge in [-0.05, 0) is 74.7 Å². The number of likely N-dealkylation sites (tertiary alicyclic amines) is 1. The molecule has 15 heteroatoms. The molecule has 0 unspecified atom stereocenters. The van der Waals surface area contributed by atoms with Crippen LogP contribution >= 0.6 is 11.6 Å². The summed E-state index contributed by atoms with van der Waals surface area (Å²) in [5, 5.41) is 9.27. The van der Waals surface area contributed by atoms with E-state index in [0.29, 0.717) is 67.2 Å². The molecule has 0 saturated carbocycles.